The quantitative estimate of drug-likeness (QED) is 0.756. The minimum absolute atomic E-state index is 0.125. The van der Waals surface area contributed by atoms with Crippen molar-refractivity contribution in [3.63, 3.8) is 0 Å². The number of thioether (sulfide) groups is 1. The average molecular weight is 356 g/mol. The Morgan fingerprint density at radius 1 is 1.14 bits per heavy atom. The van der Waals surface area contributed by atoms with E-state index < -0.39 is 0 Å². The van der Waals surface area contributed by atoms with Crippen molar-refractivity contribution in [2.45, 2.75) is 17.1 Å². The molecule has 22 heavy (non-hydrogen) atoms. The first-order valence-corrected chi connectivity index (χ1v) is 8.20. The number of carbonyl (C=O) groups is 1. The number of hydrogen-bond donors (Lipinski definition) is 1. The van der Waals surface area contributed by atoms with E-state index in [1.165, 1.54) is 11.8 Å². The van der Waals surface area contributed by atoms with Crippen molar-refractivity contribution in [1.29, 1.82) is 0 Å². The number of benzene rings is 2. The van der Waals surface area contributed by atoms with Crippen molar-refractivity contribution < 1.29 is 9.53 Å². The smallest absolute Gasteiger partial charge is 0.237 e. The van der Waals surface area contributed by atoms with Crippen LogP contribution in [0.3, 0.4) is 0 Å². The van der Waals surface area contributed by atoms with Crippen molar-refractivity contribution in [1.82, 2.24) is 0 Å². The van der Waals surface area contributed by atoms with Gasteiger partial charge < -0.3 is 10.1 Å². The Balaban J connectivity index is 2.05. The fourth-order valence-corrected chi connectivity index (χ4v) is 2.95. The molecule has 0 saturated heterocycles. The molecule has 2 aromatic carbocycles. The maximum atomic E-state index is 12.3. The predicted octanol–water partition coefficient (Wildman–Crippen LogP) is 5.12. The van der Waals surface area contributed by atoms with Gasteiger partial charge in [0, 0.05) is 14.9 Å². The molecule has 1 amide bonds. The Morgan fingerprint density at radius 3 is 2.41 bits per heavy atom. The van der Waals surface area contributed by atoms with E-state index in [9.17, 15) is 4.79 Å². The molecular weight excluding hydrogens is 341 g/mol. The van der Waals surface area contributed by atoms with Gasteiger partial charge in [-0.1, -0.05) is 23.2 Å². The summed E-state index contributed by atoms with van der Waals surface area (Å²) in [4.78, 5) is 13.3. The maximum Gasteiger partial charge on any atom is 0.237 e. The second-order valence-electron chi connectivity index (χ2n) is 4.55. The summed E-state index contributed by atoms with van der Waals surface area (Å²) in [6, 6.07) is 12.5. The molecule has 0 radical (unpaired) electrons. The van der Waals surface area contributed by atoms with Crippen LogP contribution < -0.4 is 10.1 Å². The van der Waals surface area contributed by atoms with E-state index in [2.05, 4.69) is 5.32 Å². The highest BCUT2D eigenvalue weighted by Gasteiger charge is 2.16. The average Bonchev–Trinajstić information content (AvgIpc) is 2.49. The first-order chi connectivity index (χ1) is 10.5. The van der Waals surface area contributed by atoms with Gasteiger partial charge in [-0.05, 0) is 49.4 Å². The van der Waals surface area contributed by atoms with Crippen LogP contribution in [0.1, 0.15) is 6.92 Å². The van der Waals surface area contributed by atoms with Crippen molar-refractivity contribution in [2.75, 3.05) is 12.4 Å². The lowest BCUT2D eigenvalue weighted by molar-refractivity contribution is -0.115. The maximum absolute atomic E-state index is 12.3. The van der Waals surface area contributed by atoms with Gasteiger partial charge in [0.2, 0.25) is 5.91 Å². The summed E-state index contributed by atoms with van der Waals surface area (Å²) in [5.41, 5.74) is 0.559. The van der Waals surface area contributed by atoms with Crippen molar-refractivity contribution in [3.05, 3.63) is 52.5 Å². The van der Waals surface area contributed by atoms with Gasteiger partial charge in [0.15, 0.2) is 0 Å². The molecule has 0 aromatic heterocycles. The molecule has 116 valence electrons. The molecule has 0 fully saturated rings. The van der Waals surface area contributed by atoms with Crippen LogP contribution in [0.15, 0.2) is 47.4 Å². The van der Waals surface area contributed by atoms with Crippen molar-refractivity contribution >= 4 is 46.6 Å². The van der Waals surface area contributed by atoms with Gasteiger partial charge in [0.1, 0.15) is 5.75 Å². The van der Waals surface area contributed by atoms with Gasteiger partial charge in [0.25, 0.3) is 0 Å². The molecule has 0 heterocycles. The molecule has 0 saturated carbocycles. The van der Waals surface area contributed by atoms with E-state index >= 15 is 0 Å². The molecule has 0 aliphatic heterocycles. The summed E-state index contributed by atoms with van der Waals surface area (Å²) in [7, 11) is 1.55. The minimum Gasteiger partial charge on any atom is -0.495 e. The fourth-order valence-electron chi connectivity index (χ4n) is 1.78. The largest absolute Gasteiger partial charge is 0.495 e. The highest BCUT2D eigenvalue weighted by molar-refractivity contribution is 8.00. The number of carbonyl (C=O) groups excluding carboxylic acids is 1. The topological polar surface area (TPSA) is 38.3 Å². The second-order valence-corrected chi connectivity index (χ2v) is 6.83. The third-order valence-electron chi connectivity index (χ3n) is 2.92. The SMILES string of the molecule is COc1ccc(Cl)cc1NC(=O)C(C)Sc1ccc(Cl)cc1. The molecule has 1 unspecified atom stereocenters. The second kappa shape index (κ2) is 7.77. The van der Waals surface area contributed by atoms with E-state index in [0.717, 1.165) is 4.90 Å². The molecule has 0 aliphatic carbocycles. The van der Waals surface area contributed by atoms with Crippen LogP contribution >= 0.6 is 35.0 Å². The number of rotatable bonds is 5. The Morgan fingerprint density at radius 2 is 1.77 bits per heavy atom. The summed E-state index contributed by atoms with van der Waals surface area (Å²) in [6.45, 7) is 1.84. The summed E-state index contributed by atoms with van der Waals surface area (Å²) in [5.74, 6) is 0.446. The third kappa shape index (κ3) is 4.57. The normalized spacial score (nSPS) is 11.8. The third-order valence-corrected chi connectivity index (χ3v) is 4.51. The zero-order chi connectivity index (χ0) is 16.1. The van der Waals surface area contributed by atoms with Crippen molar-refractivity contribution in [3.8, 4) is 5.75 Å². The molecule has 1 atom stereocenters. The van der Waals surface area contributed by atoms with Crippen LogP contribution in [0.5, 0.6) is 5.75 Å². The van der Waals surface area contributed by atoms with Crippen LogP contribution in [0.4, 0.5) is 5.69 Å². The number of halogens is 2. The number of anilines is 1. The Hall–Kier alpha value is -1.36. The van der Waals surface area contributed by atoms with Crippen LogP contribution in [-0.2, 0) is 4.79 Å². The highest BCUT2D eigenvalue weighted by Crippen LogP contribution is 2.30. The predicted molar refractivity (Wildman–Crippen MR) is 93.4 cm³/mol. The van der Waals surface area contributed by atoms with Gasteiger partial charge >= 0.3 is 0 Å². The van der Waals surface area contributed by atoms with E-state index in [1.54, 1.807) is 37.4 Å². The molecule has 2 rings (SSSR count). The van der Waals surface area contributed by atoms with Crippen LogP contribution in [0, 0.1) is 0 Å². The number of hydrogen-bond acceptors (Lipinski definition) is 3. The van der Waals surface area contributed by atoms with E-state index in [1.807, 2.05) is 19.1 Å². The first kappa shape index (κ1) is 17.0. The van der Waals surface area contributed by atoms with Gasteiger partial charge in [-0.15, -0.1) is 11.8 Å². The minimum atomic E-state index is -0.273. The Labute approximate surface area is 144 Å². The molecule has 0 bridgehead atoms. The highest BCUT2D eigenvalue weighted by atomic mass is 35.5. The lowest BCUT2D eigenvalue weighted by atomic mass is 10.3. The van der Waals surface area contributed by atoms with Crippen LogP contribution in [0.25, 0.3) is 0 Å². The number of amides is 1. The lowest BCUT2D eigenvalue weighted by Crippen LogP contribution is -2.22. The summed E-state index contributed by atoms with van der Waals surface area (Å²) in [5, 5.41) is 3.77. The standard InChI is InChI=1S/C16H15Cl2NO2S/c1-10(22-13-6-3-11(17)4-7-13)16(20)19-14-9-12(18)5-8-15(14)21-2/h3-10H,1-2H3,(H,19,20). The number of methoxy groups -OCH3 is 1. The Kier molecular flexibility index (Phi) is 6.00. The molecule has 0 aliphatic rings. The lowest BCUT2D eigenvalue weighted by Gasteiger charge is -2.14. The summed E-state index contributed by atoms with van der Waals surface area (Å²) in [6.07, 6.45) is 0. The zero-order valence-electron chi connectivity index (χ0n) is 12.1. The Bertz CT molecular complexity index is 662. The van der Waals surface area contributed by atoms with Crippen LogP contribution in [0.2, 0.25) is 10.0 Å². The monoisotopic (exact) mass is 355 g/mol. The molecule has 6 heteroatoms. The fraction of sp³-hybridized carbons (Fsp3) is 0.188. The molecule has 0 spiro atoms. The van der Waals surface area contributed by atoms with Gasteiger partial charge in [-0.25, -0.2) is 0 Å². The summed E-state index contributed by atoms with van der Waals surface area (Å²) < 4.78 is 5.22. The molecule has 3 nitrogen and oxygen atoms in total. The van der Waals surface area contributed by atoms with Gasteiger partial charge in [-0.3, -0.25) is 4.79 Å². The van der Waals surface area contributed by atoms with E-state index in [-0.39, 0.29) is 11.2 Å². The zero-order valence-corrected chi connectivity index (χ0v) is 14.4. The molecule has 1 N–H and O–H groups in total. The number of nitrogens with one attached hydrogen (secondary N) is 1. The van der Waals surface area contributed by atoms with E-state index in [4.69, 9.17) is 27.9 Å². The van der Waals surface area contributed by atoms with E-state index in [0.29, 0.717) is 21.5 Å². The van der Waals surface area contributed by atoms with Gasteiger partial charge in [0.05, 0.1) is 18.0 Å². The van der Waals surface area contributed by atoms with Crippen LogP contribution in [-0.4, -0.2) is 18.3 Å². The van der Waals surface area contributed by atoms with Crippen molar-refractivity contribution in [2.24, 2.45) is 0 Å². The van der Waals surface area contributed by atoms with Gasteiger partial charge in [-0.2, -0.15) is 0 Å². The summed E-state index contributed by atoms with van der Waals surface area (Å²) >= 11 is 13.3. The first-order valence-electron chi connectivity index (χ1n) is 6.56. The molecular formula is C16H15Cl2NO2S. The molecule has 2 aromatic rings. The number of ether oxygens (including phenoxy) is 1.